The maximum absolute atomic E-state index is 12.1. The zero-order valence-electron chi connectivity index (χ0n) is 14.9. The number of halogens is 1. The lowest BCUT2D eigenvalue weighted by atomic mass is 9.47. The third-order valence-electron chi connectivity index (χ3n) is 7.90. The van der Waals surface area contributed by atoms with E-state index in [0.29, 0.717) is 33.9 Å². The molecule has 0 saturated heterocycles. The van der Waals surface area contributed by atoms with E-state index in [2.05, 4.69) is 42.5 Å². The van der Waals surface area contributed by atoms with Gasteiger partial charge in [-0.2, -0.15) is 0 Å². The largest absolute Gasteiger partial charge is 0.295 e. The van der Waals surface area contributed by atoms with E-state index in [4.69, 9.17) is 0 Å². The maximum atomic E-state index is 12.1. The van der Waals surface area contributed by atoms with Crippen molar-refractivity contribution in [3.8, 4) is 0 Å². The molecule has 0 bridgehead atoms. The number of hydrogen-bond donors (Lipinski definition) is 0. The lowest BCUT2D eigenvalue weighted by Gasteiger charge is -2.58. The van der Waals surface area contributed by atoms with Gasteiger partial charge in [-0.15, -0.1) is 0 Å². The fourth-order valence-electron chi connectivity index (χ4n) is 6.67. The summed E-state index contributed by atoms with van der Waals surface area (Å²) < 4.78 is 0.474. The van der Waals surface area contributed by atoms with Crippen molar-refractivity contribution >= 4 is 34.2 Å². The van der Waals surface area contributed by atoms with Gasteiger partial charge in [0.15, 0.2) is 11.6 Å². The second-order valence-electron chi connectivity index (χ2n) is 8.93. The summed E-state index contributed by atoms with van der Waals surface area (Å²) in [4.78, 5) is 24.1. The van der Waals surface area contributed by atoms with Crippen LogP contribution in [0.5, 0.6) is 0 Å². The van der Waals surface area contributed by atoms with Crippen LogP contribution in [0.3, 0.4) is 0 Å². The molecule has 2 unspecified atom stereocenters. The van der Waals surface area contributed by atoms with E-state index in [1.54, 1.807) is 6.92 Å². The predicted octanol–water partition coefficient (Wildman–Crippen LogP) is 5.06. The van der Waals surface area contributed by atoms with Crippen molar-refractivity contribution in [3.63, 3.8) is 0 Å². The second kappa shape index (κ2) is 5.52. The van der Waals surface area contributed by atoms with Crippen molar-refractivity contribution in [3.05, 3.63) is 23.3 Å². The van der Waals surface area contributed by atoms with Crippen molar-refractivity contribution in [2.75, 3.05) is 0 Å². The summed E-state index contributed by atoms with van der Waals surface area (Å²) in [5.74, 6) is 2.58. The Morgan fingerprint density at radius 3 is 2.67 bits per heavy atom. The zero-order chi connectivity index (χ0) is 17.3. The average Bonchev–Trinajstić information content (AvgIpc) is 2.87. The quantitative estimate of drug-likeness (QED) is 0.424. The summed E-state index contributed by atoms with van der Waals surface area (Å²) >= 11 is 2.57. The van der Waals surface area contributed by atoms with E-state index in [0.717, 1.165) is 24.8 Å². The highest BCUT2D eigenvalue weighted by Gasteiger charge is 2.59. The molecule has 130 valence electrons. The number of rotatable bonds is 1. The van der Waals surface area contributed by atoms with Gasteiger partial charge in [-0.1, -0.05) is 42.5 Å². The monoisotopic (exact) mass is 438 g/mol. The molecule has 0 amide bonds. The first-order valence-corrected chi connectivity index (χ1v) is 10.6. The average molecular weight is 438 g/mol. The van der Waals surface area contributed by atoms with Gasteiger partial charge in [-0.05, 0) is 84.8 Å². The fraction of sp³-hybridized carbons (Fsp3) is 0.714. The number of Topliss-reactive ketones (excluding diaryl/α,β-unsaturated/α-hetero) is 1. The van der Waals surface area contributed by atoms with Crippen molar-refractivity contribution in [2.45, 2.75) is 63.2 Å². The van der Waals surface area contributed by atoms with Crippen molar-refractivity contribution < 1.29 is 9.59 Å². The van der Waals surface area contributed by atoms with Crippen LogP contribution in [0.4, 0.5) is 0 Å². The standard InChI is InChI=1S/C21H27IO2/c1-12(23)15-4-5-16-14-11-19(22)18-10-13(24)6-8-21(18,3)17(14)7-9-20(15,16)2/h4,10,14,16-17,19H,5-9,11H2,1-3H3/t14?,16-,17-,19?,20+,21+/m0/s1. The van der Waals surface area contributed by atoms with E-state index in [1.165, 1.54) is 18.4 Å². The zero-order valence-corrected chi connectivity index (χ0v) is 17.1. The van der Waals surface area contributed by atoms with Crippen LogP contribution in [0.2, 0.25) is 0 Å². The molecule has 2 nitrogen and oxygen atoms in total. The van der Waals surface area contributed by atoms with Crippen LogP contribution in [-0.2, 0) is 9.59 Å². The minimum atomic E-state index is 0.0887. The number of alkyl halides is 1. The van der Waals surface area contributed by atoms with Crippen molar-refractivity contribution in [2.24, 2.45) is 28.6 Å². The van der Waals surface area contributed by atoms with Gasteiger partial charge < -0.3 is 0 Å². The molecule has 0 radical (unpaired) electrons. The molecule has 2 fully saturated rings. The molecular formula is C21H27IO2. The number of hydrogen-bond acceptors (Lipinski definition) is 2. The van der Waals surface area contributed by atoms with E-state index in [9.17, 15) is 9.59 Å². The summed E-state index contributed by atoms with van der Waals surface area (Å²) in [6.07, 6.45) is 10.6. The second-order valence-corrected chi connectivity index (χ2v) is 10.4. The van der Waals surface area contributed by atoms with Crippen LogP contribution in [0.25, 0.3) is 0 Å². The molecule has 2 saturated carbocycles. The normalized spacial score (nSPS) is 47.2. The molecule has 0 aromatic heterocycles. The number of carbonyl (C=O) groups is 2. The highest BCUT2D eigenvalue weighted by Crippen LogP contribution is 2.66. The highest BCUT2D eigenvalue weighted by atomic mass is 127. The molecule has 4 rings (SSSR count). The van der Waals surface area contributed by atoms with E-state index < -0.39 is 0 Å². The van der Waals surface area contributed by atoms with Gasteiger partial charge in [-0.3, -0.25) is 9.59 Å². The van der Waals surface area contributed by atoms with Gasteiger partial charge in [0.25, 0.3) is 0 Å². The van der Waals surface area contributed by atoms with Gasteiger partial charge in [0.05, 0.1) is 0 Å². The molecule has 3 heteroatoms. The molecule has 4 aliphatic carbocycles. The molecule has 0 heterocycles. The van der Waals surface area contributed by atoms with Crippen LogP contribution in [0, 0.1) is 28.6 Å². The summed E-state index contributed by atoms with van der Waals surface area (Å²) in [6.45, 7) is 6.50. The number of fused-ring (bicyclic) bond motifs is 5. The smallest absolute Gasteiger partial charge is 0.156 e. The maximum Gasteiger partial charge on any atom is 0.156 e. The van der Waals surface area contributed by atoms with Gasteiger partial charge in [0, 0.05) is 10.3 Å². The van der Waals surface area contributed by atoms with Crippen LogP contribution in [0.1, 0.15) is 59.3 Å². The number of allylic oxidation sites excluding steroid dienone is 4. The summed E-state index contributed by atoms with van der Waals surface area (Å²) in [5, 5.41) is 0. The van der Waals surface area contributed by atoms with Gasteiger partial charge in [0.2, 0.25) is 0 Å². The van der Waals surface area contributed by atoms with E-state index in [1.807, 2.05) is 6.08 Å². The molecule has 6 atom stereocenters. The highest BCUT2D eigenvalue weighted by molar-refractivity contribution is 14.1. The van der Waals surface area contributed by atoms with Crippen molar-refractivity contribution in [1.29, 1.82) is 0 Å². The number of ketones is 2. The lowest BCUT2D eigenvalue weighted by Crippen LogP contribution is -2.52. The Morgan fingerprint density at radius 2 is 1.96 bits per heavy atom. The predicted molar refractivity (Wildman–Crippen MR) is 104 cm³/mol. The topological polar surface area (TPSA) is 34.1 Å². The van der Waals surface area contributed by atoms with Crippen LogP contribution < -0.4 is 0 Å². The van der Waals surface area contributed by atoms with Gasteiger partial charge in [-0.25, -0.2) is 0 Å². The Kier molecular flexibility index (Phi) is 3.91. The molecule has 24 heavy (non-hydrogen) atoms. The Hall–Kier alpha value is -0.450. The summed E-state index contributed by atoms with van der Waals surface area (Å²) in [6, 6.07) is 0. The first kappa shape index (κ1) is 17.0. The third kappa shape index (κ3) is 2.18. The minimum absolute atomic E-state index is 0.0887. The molecule has 0 aromatic rings. The van der Waals surface area contributed by atoms with Gasteiger partial charge in [0.1, 0.15) is 0 Å². The molecular weight excluding hydrogens is 411 g/mol. The first-order valence-electron chi connectivity index (χ1n) is 9.38. The Labute approximate surface area is 158 Å². The Balaban J connectivity index is 1.72. The van der Waals surface area contributed by atoms with E-state index >= 15 is 0 Å². The van der Waals surface area contributed by atoms with Crippen LogP contribution in [0.15, 0.2) is 23.3 Å². The minimum Gasteiger partial charge on any atom is -0.295 e. The Bertz CT molecular complexity index is 675. The first-order chi connectivity index (χ1) is 11.3. The molecule has 0 N–H and O–H groups in total. The van der Waals surface area contributed by atoms with Gasteiger partial charge >= 0.3 is 0 Å². The SMILES string of the molecule is CC(=O)C1=CC[C@H]2C3CC(I)C4=CC(=O)CC[C@]4(C)[C@H]3CC[C@]12C. The lowest BCUT2D eigenvalue weighted by molar-refractivity contribution is -0.118. The van der Waals surface area contributed by atoms with E-state index in [-0.39, 0.29) is 16.6 Å². The molecule has 4 aliphatic rings. The molecule has 0 aliphatic heterocycles. The fourth-order valence-corrected chi connectivity index (χ4v) is 8.15. The number of carbonyl (C=O) groups excluding carboxylic acids is 2. The molecule has 0 aromatic carbocycles. The molecule has 0 spiro atoms. The Morgan fingerprint density at radius 1 is 1.21 bits per heavy atom. The van der Waals surface area contributed by atoms with Crippen molar-refractivity contribution in [1.82, 2.24) is 0 Å². The van der Waals surface area contributed by atoms with Crippen LogP contribution in [-0.4, -0.2) is 15.5 Å². The summed E-state index contributed by atoms with van der Waals surface area (Å²) in [7, 11) is 0. The van der Waals surface area contributed by atoms with Crippen LogP contribution >= 0.6 is 22.6 Å². The summed E-state index contributed by atoms with van der Waals surface area (Å²) in [5.41, 5.74) is 2.80. The third-order valence-corrected chi connectivity index (χ3v) is 9.08.